The molecule has 1 aromatic carbocycles. The minimum absolute atomic E-state index is 0.218. The summed E-state index contributed by atoms with van der Waals surface area (Å²) in [5, 5.41) is 4.85. The molecule has 1 aliphatic rings. The Bertz CT molecular complexity index is 1390. The van der Waals surface area contributed by atoms with Gasteiger partial charge in [0.15, 0.2) is 5.82 Å². The van der Waals surface area contributed by atoms with E-state index in [-0.39, 0.29) is 6.04 Å². The third kappa shape index (κ3) is 2.80. The normalized spacial score (nSPS) is 16.1. The summed E-state index contributed by atoms with van der Waals surface area (Å²) in [5.74, 6) is 1.13. The van der Waals surface area contributed by atoms with E-state index in [9.17, 15) is 4.39 Å². The van der Waals surface area contributed by atoms with Crippen LogP contribution in [-0.2, 0) is 12.8 Å². The first-order valence-electron chi connectivity index (χ1n) is 9.91. The van der Waals surface area contributed by atoms with Crippen LogP contribution >= 0.6 is 0 Å². The van der Waals surface area contributed by atoms with Gasteiger partial charge in [0, 0.05) is 46.8 Å². The maximum atomic E-state index is 13.7. The Labute approximate surface area is 171 Å². The molecule has 1 atom stereocenters. The van der Waals surface area contributed by atoms with Crippen molar-refractivity contribution >= 4 is 22.6 Å². The number of fused-ring (bicyclic) bond motifs is 4. The number of rotatable bonds is 3. The molecule has 5 aromatic rings. The van der Waals surface area contributed by atoms with E-state index in [0.29, 0.717) is 23.1 Å². The highest BCUT2D eigenvalue weighted by atomic mass is 19.1. The molecule has 0 radical (unpaired) electrons. The van der Waals surface area contributed by atoms with Crippen LogP contribution in [0.3, 0.4) is 0 Å². The van der Waals surface area contributed by atoms with Gasteiger partial charge >= 0.3 is 0 Å². The van der Waals surface area contributed by atoms with Crippen molar-refractivity contribution in [3.8, 4) is 11.4 Å². The van der Waals surface area contributed by atoms with Crippen LogP contribution in [0.25, 0.3) is 28.1 Å². The number of anilines is 1. The standard InChI is InChI=1S/C22H18FN7/c23-14-9-13(11-24-12-14)20-28-21-25-7-8-30(21)22(29-20)26-15-5-6-19-17(10-15)16-3-1-2-4-18(16)27-19/h1-4,7-9,11-12,15,27H,5-6,10H2,(H,25,26,28,29)/t15-/m1/s1. The van der Waals surface area contributed by atoms with Gasteiger partial charge in [-0.2, -0.15) is 9.97 Å². The van der Waals surface area contributed by atoms with E-state index in [1.807, 2.05) is 10.6 Å². The number of nitrogens with one attached hydrogen (secondary N) is 2. The predicted octanol–water partition coefficient (Wildman–Crippen LogP) is 3.78. The SMILES string of the molecule is Fc1cncc(-c2nc(N[C@@H]3CCc4[nH]c5ccccc5c4C3)n3ccnc3n2)c1. The fraction of sp³-hybridized carbons (Fsp3) is 0.182. The number of H-pyrrole nitrogens is 1. The molecule has 0 saturated carbocycles. The summed E-state index contributed by atoms with van der Waals surface area (Å²) in [6.45, 7) is 0. The molecular formula is C22H18FN7. The molecule has 0 saturated heterocycles. The Kier molecular flexibility index (Phi) is 3.77. The highest BCUT2D eigenvalue weighted by molar-refractivity contribution is 5.85. The van der Waals surface area contributed by atoms with Crippen molar-refractivity contribution < 1.29 is 4.39 Å². The highest BCUT2D eigenvalue weighted by Gasteiger charge is 2.23. The molecule has 7 nitrogen and oxygen atoms in total. The van der Waals surface area contributed by atoms with Gasteiger partial charge in [0.2, 0.25) is 11.7 Å². The van der Waals surface area contributed by atoms with Crippen LogP contribution in [0, 0.1) is 5.82 Å². The van der Waals surface area contributed by atoms with Crippen LogP contribution in [0.15, 0.2) is 55.1 Å². The van der Waals surface area contributed by atoms with Crippen molar-refractivity contribution in [3.63, 3.8) is 0 Å². The molecule has 0 amide bonds. The van der Waals surface area contributed by atoms with E-state index < -0.39 is 5.82 Å². The summed E-state index contributed by atoms with van der Waals surface area (Å²) >= 11 is 0. The Morgan fingerprint density at radius 1 is 1.17 bits per heavy atom. The zero-order valence-electron chi connectivity index (χ0n) is 16.0. The van der Waals surface area contributed by atoms with Gasteiger partial charge in [0.05, 0.1) is 6.20 Å². The van der Waals surface area contributed by atoms with Gasteiger partial charge in [-0.3, -0.25) is 9.38 Å². The molecule has 4 aromatic heterocycles. The molecule has 0 unspecified atom stereocenters. The molecule has 0 bridgehead atoms. The molecule has 0 spiro atoms. The topological polar surface area (TPSA) is 83.8 Å². The lowest BCUT2D eigenvalue weighted by Gasteiger charge is -2.24. The smallest absolute Gasteiger partial charge is 0.238 e. The minimum Gasteiger partial charge on any atom is -0.358 e. The van der Waals surface area contributed by atoms with Crippen LogP contribution in [-0.4, -0.2) is 35.4 Å². The van der Waals surface area contributed by atoms with Gasteiger partial charge in [-0.15, -0.1) is 0 Å². The van der Waals surface area contributed by atoms with Gasteiger partial charge in [0.25, 0.3) is 0 Å². The van der Waals surface area contributed by atoms with E-state index in [4.69, 9.17) is 0 Å². The first-order chi connectivity index (χ1) is 14.7. The molecule has 6 rings (SSSR count). The van der Waals surface area contributed by atoms with Crippen LogP contribution in [0.1, 0.15) is 17.7 Å². The number of para-hydroxylation sites is 1. The first kappa shape index (κ1) is 17.1. The lowest BCUT2D eigenvalue weighted by atomic mass is 9.91. The largest absolute Gasteiger partial charge is 0.358 e. The zero-order chi connectivity index (χ0) is 20.1. The molecule has 148 valence electrons. The van der Waals surface area contributed by atoms with E-state index in [2.05, 4.69) is 54.5 Å². The number of hydrogen-bond acceptors (Lipinski definition) is 5. The average Bonchev–Trinajstić information content (AvgIpc) is 3.38. The average molecular weight is 399 g/mol. The molecular weight excluding hydrogens is 381 g/mol. The molecule has 2 N–H and O–H groups in total. The number of nitrogens with zero attached hydrogens (tertiary/aromatic N) is 5. The van der Waals surface area contributed by atoms with Gasteiger partial charge in [-0.25, -0.2) is 9.37 Å². The molecule has 0 fully saturated rings. The van der Waals surface area contributed by atoms with Gasteiger partial charge in [0.1, 0.15) is 5.82 Å². The van der Waals surface area contributed by atoms with Crippen molar-refractivity contribution in [2.24, 2.45) is 0 Å². The predicted molar refractivity (Wildman–Crippen MR) is 112 cm³/mol. The number of halogens is 1. The van der Waals surface area contributed by atoms with Crippen molar-refractivity contribution in [2.45, 2.75) is 25.3 Å². The number of aromatic nitrogens is 6. The minimum atomic E-state index is -0.423. The number of imidazole rings is 1. The maximum absolute atomic E-state index is 13.7. The molecule has 1 aliphatic carbocycles. The quantitative estimate of drug-likeness (QED) is 0.482. The Hall–Kier alpha value is -3.81. The Morgan fingerprint density at radius 3 is 3.03 bits per heavy atom. The second-order valence-electron chi connectivity index (χ2n) is 7.57. The van der Waals surface area contributed by atoms with Gasteiger partial charge in [-0.05, 0) is 37.0 Å². The number of hydrogen-bond donors (Lipinski definition) is 2. The van der Waals surface area contributed by atoms with E-state index in [1.165, 1.54) is 28.2 Å². The first-order valence-corrected chi connectivity index (χ1v) is 9.91. The van der Waals surface area contributed by atoms with Gasteiger partial charge < -0.3 is 10.3 Å². The monoisotopic (exact) mass is 399 g/mol. The number of aromatic amines is 1. The van der Waals surface area contributed by atoms with Crippen molar-refractivity contribution in [1.29, 1.82) is 0 Å². The van der Waals surface area contributed by atoms with E-state index >= 15 is 0 Å². The summed E-state index contributed by atoms with van der Waals surface area (Å²) in [6.07, 6.45) is 9.08. The molecule has 8 heteroatoms. The zero-order valence-corrected chi connectivity index (χ0v) is 16.0. The molecule has 0 aliphatic heterocycles. The van der Waals surface area contributed by atoms with Crippen molar-refractivity contribution in [2.75, 3.05) is 5.32 Å². The summed E-state index contributed by atoms with van der Waals surface area (Å²) in [6, 6.07) is 10.0. The molecule has 4 heterocycles. The summed E-state index contributed by atoms with van der Waals surface area (Å²) in [7, 11) is 0. The van der Waals surface area contributed by atoms with Gasteiger partial charge in [-0.1, -0.05) is 18.2 Å². The summed E-state index contributed by atoms with van der Waals surface area (Å²) in [5.41, 5.74) is 4.38. The maximum Gasteiger partial charge on any atom is 0.238 e. The van der Waals surface area contributed by atoms with E-state index in [1.54, 1.807) is 12.4 Å². The number of benzene rings is 1. The van der Waals surface area contributed by atoms with Crippen LogP contribution in [0.2, 0.25) is 0 Å². The summed E-state index contributed by atoms with van der Waals surface area (Å²) in [4.78, 5) is 20.9. The van der Waals surface area contributed by atoms with Crippen LogP contribution < -0.4 is 5.32 Å². The number of aryl methyl sites for hydroxylation is 1. The number of pyridine rings is 1. The van der Waals surface area contributed by atoms with Crippen LogP contribution in [0.4, 0.5) is 10.3 Å². The van der Waals surface area contributed by atoms with E-state index in [0.717, 1.165) is 25.5 Å². The van der Waals surface area contributed by atoms with Crippen LogP contribution in [0.5, 0.6) is 0 Å². The third-order valence-corrected chi connectivity index (χ3v) is 5.66. The fourth-order valence-electron chi connectivity index (χ4n) is 4.26. The second kappa shape index (κ2) is 6.62. The Morgan fingerprint density at radius 2 is 2.10 bits per heavy atom. The Balaban J connectivity index is 1.37. The van der Waals surface area contributed by atoms with Crippen molar-refractivity contribution in [1.82, 2.24) is 29.3 Å². The third-order valence-electron chi connectivity index (χ3n) is 5.66. The highest BCUT2D eigenvalue weighted by Crippen LogP contribution is 2.30. The summed E-state index contributed by atoms with van der Waals surface area (Å²) < 4.78 is 15.5. The molecule has 30 heavy (non-hydrogen) atoms. The lowest BCUT2D eigenvalue weighted by Crippen LogP contribution is -2.28. The second-order valence-corrected chi connectivity index (χ2v) is 7.57. The lowest BCUT2D eigenvalue weighted by molar-refractivity contribution is 0.601. The van der Waals surface area contributed by atoms with Crippen molar-refractivity contribution in [3.05, 3.63) is 72.2 Å². The fourth-order valence-corrected chi connectivity index (χ4v) is 4.26.